The fourth-order valence-corrected chi connectivity index (χ4v) is 5.49. The number of hydrogen-bond donors (Lipinski definition) is 3. The van der Waals surface area contributed by atoms with Gasteiger partial charge in [-0.1, -0.05) is 42.5 Å². The Morgan fingerprint density at radius 3 is 2.30 bits per heavy atom. The lowest BCUT2D eigenvalue weighted by Gasteiger charge is -2.19. The Balaban J connectivity index is 0.00000500. The van der Waals surface area contributed by atoms with Gasteiger partial charge in [-0.15, -0.1) is 12.4 Å². The Bertz CT molecular complexity index is 1790. The Kier molecular flexibility index (Phi) is 11.3. The van der Waals surface area contributed by atoms with Gasteiger partial charge in [-0.25, -0.2) is 0 Å². The molecule has 1 amide bonds. The van der Waals surface area contributed by atoms with Crippen molar-refractivity contribution in [3.05, 3.63) is 117 Å². The Hall–Kier alpha value is -5.29. The lowest BCUT2D eigenvalue weighted by Crippen LogP contribution is -2.30. The van der Waals surface area contributed by atoms with Crippen molar-refractivity contribution in [2.45, 2.75) is 38.7 Å². The highest BCUT2D eigenvalue weighted by atomic mass is 35.5. The van der Waals surface area contributed by atoms with Crippen LogP contribution in [0.1, 0.15) is 53.2 Å². The van der Waals surface area contributed by atoms with Crippen molar-refractivity contribution in [3.63, 3.8) is 0 Å². The molecule has 0 bridgehead atoms. The molecule has 12 heteroatoms. The van der Waals surface area contributed by atoms with E-state index in [-0.39, 0.29) is 48.2 Å². The average molecular weight is 658 g/mol. The van der Waals surface area contributed by atoms with Gasteiger partial charge in [-0.2, -0.15) is 0 Å². The van der Waals surface area contributed by atoms with Crippen molar-refractivity contribution in [3.8, 4) is 5.75 Å². The Morgan fingerprint density at radius 1 is 0.979 bits per heavy atom. The standard InChI is InChI=1S/C35H35N5O6.ClH/c1-3-45-35(42)32(25-10-14-30(15-11-25)46-31-16-17-39(21-31)22(2)36)19-23-4-5-24-6-7-27(20-28(24)18-23)33(37)38-34(41)26-8-12-29(13-9-26)40(43)44;/h4-15,18,20,31-32,36H,3,16-17,19,21H2,1-2H3,(H2,37,38,41);1H/t31-,32-;/m0./s1. The van der Waals surface area contributed by atoms with Crippen molar-refractivity contribution in [2.24, 2.45) is 0 Å². The van der Waals surface area contributed by atoms with Crippen LogP contribution >= 0.6 is 12.4 Å². The lowest BCUT2D eigenvalue weighted by molar-refractivity contribution is -0.384. The second-order valence-electron chi connectivity index (χ2n) is 11.2. The summed E-state index contributed by atoms with van der Waals surface area (Å²) in [4.78, 5) is 38.1. The van der Waals surface area contributed by atoms with Gasteiger partial charge < -0.3 is 19.7 Å². The summed E-state index contributed by atoms with van der Waals surface area (Å²) in [5.74, 6) is -0.282. The normalized spacial score (nSPS) is 14.5. The highest BCUT2D eigenvalue weighted by molar-refractivity contribution is 6.12. The van der Waals surface area contributed by atoms with Crippen LogP contribution in [0.3, 0.4) is 0 Å². The van der Waals surface area contributed by atoms with E-state index in [0.29, 0.717) is 30.1 Å². The second-order valence-corrected chi connectivity index (χ2v) is 11.2. The van der Waals surface area contributed by atoms with Crippen molar-refractivity contribution in [1.82, 2.24) is 10.2 Å². The fourth-order valence-electron chi connectivity index (χ4n) is 5.49. The van der Waals surface area contributed by atoms with Crippen molar-refractivity contribution >= 4 is 52.4 Å². The van der Waals surface area contributed by atoms with E-state index in [1.165, 1.54) is 24.3 Å². The molecule has 1 saturated heterocycles. The predicted octanol–water partition coefficient (Wildman–Crippen LogP) is 6.26. The molecule has 0 saturated carbocycles. The molecule has 1 aliphatic heterocycles. The van der Waals surface area contributed by atoms with Crippen LogP contribution in [-0.4, -0.2) is 59.2 Å². The molecule has 0 aliphatic carbocycles. The summed E-state index contributed by atoms with van der Waals surface area (Å²) >= 11 is 0. The third-order valence-corrected chi connectivity index (χ3v) is 7.99. The number of carbonyl (C=O) groups excluding carboxylic acids is 2. The quantitative estimate of drug-likeness (QED) is 0.0596. The van der Waals surface area contributed by atoms with Gasteiger partial charge in [0.05, 0.1) is 29.8 Å². The van der Waals surface area contributed by atoms with Crippen molar-refractivity contribution in [2.75, 3.05) is 19.7 Å². The average Bonchev–Trinajstić information content (AvgIpc) is 3.52. The first-order chi connectivity index (χ1) is 22.1. The number of ether oxygens (including phenoxy) is 2. The summed E-state index contributed by atoms with van der Waals surface area (Å²) in [7, 11) is 0. The van der Waals surface area contributed by atoms with E-state index >= 15 is 0 Å². The number of rotatable bonds is 10. The molecule has 3 N–H and O–H groups in total. The number of halogens is 1. The molecule has 1 aliphatic rings. The van der Waals surface area contributed by atoms with Crippen LogP contribution < -0.4 is 10.1 Å². The summed E-state index contributed by atoms with van der Waals surface area (Å²) in [5.41, 5.74) is 2.26. The predicted molar refractivity (Wildman–Crippen MR) is 182 cm³/mol. The first-order valence-electron chi connectivity index (χ1n) is 15.0. The number of esters is 1. The molecule has 4 aromatic carbocycles. The topological polar surface area (TPSA) is 159 Å². The molecule has 47 heavy (non-hydrogen) atoms. The van der Waals surface area contributed by atoms with E-state index in [0.717, 1.165) is 34.9 Å². The van der Waals surface area contributed by atoms with E-state index in [9.17, 15) is 19.7 Å². The number of carbonyl (C=O) groups is 2. The van der Waals surface area contributed by atoms with Gasteiger partial charge in [-0.3, -0.25) is 30.5 Å². The zero-order valence-corrected chi connectivity index (χ0v) is 26.8. The summed E-state index contributed by atoms with van der Waals surface area (Å²) in [5, 5.41) is 31.5. The molecule has 2 atom stereocenters. The number of hydrogen-bond acceptors (Lipinski definition) is 8. The maximum absolute atomic E-state index is 13.1. The number of nitro benzene ring substituents is 1. The zero-order chi connectivity index (χ0) is 32.8. The van der Waals surface area contributed by atoms with Crippen LogP contribution in [0.4, 0.5) is 5.69 Å². The maximum atomic E-state index is 13.1. The monoisotopic (exact) mass is 657 g/mol. The van der Waals surface area contributed by atoms with E-state index in [2.05, 4.69) is 5.32 Å². The molecule has 244 valence electrons. The van der Waals surface area contributed by atoms with Gasteiger partial charge in [0.25, 0.3) is 11.6 Å². The molecule has 4 aromatic rings. The third-order valence-electron chi connectivity index (χ3n) is 7.99. The highest BCUT2D eigenvalue weighted by Crippen LogP contribution is 2.28. The van der Waals surface area contributed by atoms with Crippen LogP contribution in [0.15, 0.2) is 84.9 Å². The molecule has 0 unspecified atom stereocenters. The summed E-state index contributed by atoms with van der Waals surface area (Å²) in [6, 6.07) is 24.0. The smallest absolute Gasteiger partial charge is 0.313 e. The van der Waals surface area contributed by atoms with E-state index in [1.807, 2.05) is 53.4 Å². The molecular formula is C35H36ClN5O6. The molecule has 0 aromatic heterocycles. The number of nitro groups is 1. The first kappa shape index (κ1) is 34.6. The minimum absolute atomic E-state index is 0. The molecule has 11 nitrogen and oxygen atoms in total. The summed E-state index contributed by atoms with van der Waals surface area (Å²) in [6.07, 6.45) is 1.24. The molecule has 1 heterocycles. The zero-order valence-electron chi connectivity index (χ0n) is 26.0. The number of benzene rings is 4. The maximum Gasteiger partial charge on any atom is 0.313 e. The minimum Gasteiger partial charge on any atom is -0.489 e. The summed E-state index contributed by atoms with van der Waals surface area (Å²) < 4.78 is 11.6. The highest BCUT2D eigenvalue weighted by Gasteiger charge is 2.26. The molecular weight excluding hydrogens is 622 g/mol. The van der Waals surface area contributed by atoms with Gasteiger partial charge in [0, 0.05) is 36.2 Å². The van der Waals surface area contributed by atoms with E-state index in [1.54, 1.807) is 26.0 Å². The fraction of sp³-hybridized carbons (Fsp3) is 0.257. The lowest BCUT2D eigenvalue weighted by atomic mass is 9.91. The van der Waals surface area contributed by atoms with Crippen LogP contribution in [-0.2, 0) is 16.0 Å². The number of amides is 1. The van der Waals surface area contributed by atoms with Crippen molar-refractivity contribution < 1.29 is 24.0 Å². The van der Waals surface area contributed by atoms with Gasteiger partial charge >= 0.3 is 5.97 Å². The second kappa shape index (κ2) is 15.3. The number of amidine groups is 2. The number of non-ortho nitro benzene ring substituents is 1. The molecule has 0 radical (unpaired) electrons. The van der Waals surface area contributed by atoms with Crippen LogP contribution in [0.2, 0.25) is 0 Å². The first-order valence-corrected chi connectivity index (χ1v) is 15.0. The number of nitrogens with zero attached hydrogens (tertiary/aromatic N) is 2. The summed E-state index contributed by atoms with van der Waals surface area (Å²) in [6.45, 7) is 5.29. The Morgan fingerprint density at radius 2 is 1.66 bits per heavy atom. The Labute approximate surface area is 278 Å². The number of likely N-dealkylation sites (tertiary alicyclic amines) is 1. The number of nitrogens with one attached hydrogen (secondary N) is 3. The van der Waals surface area contributed by atoms with Crippen LogP contribution in [0.5, 0.6) is 5.75 Å². The van der Waals surface area contributed by atoms with Gasteiger partial charge in [0.15, 0.2) is 0 Å². The van der Waals surface area contributed by atoms with Crippen LogP contribution in [0.25, 0.3) is 10.8 Å². The molecule has 5 rings (SSSR count). The molecule has 0 spiro atoms. The van der Waals surface area contributed by atoms with Crippen LogP contribution in [0, 0.1) is 20.9 Å². The molecule has 1 fully saturated rings. The largest absolute Gasteiger partial charge is 0.489 e. The van der Waals surface area contributed by atoms with E-state index < -0.39 is 16.7 Å². The van der Waals surface area contributed by atoms with Gasteiger partial charge in [-0.05, 0) is 72.5 Å². The minimum atomic E-state index is -0.547. The third kappa shape index (κ3) is 8.50. The number of fused-ring (bicyclic) bond motifs is 1. The van der Waals surface area contributed by atoms with Gasteiger partial charge in [0.2, 0.25) is 0 Å². The SMILES string of the molecule is CCOC(=O)[C@@H](Cc1ccc2ccc(C(=N)NC(=O)c3ccc([N+](=O)[O-])cc3)cc2c1)c1ccc(O[C@H]2CCN(C(C)=N)C2)cc1.Cl. The van der Waals surface area contributed by atoms with Gasteiger partial charge in [0.1, 0.15) is 17.7 Å². The van der Waals surface area contributed by atoms with E-state index in [4.69, 9.17) is 20.3 Å². The van der Waals surface area contributed by atoms with Crippen molar-refractivity contribution in [1.29, 1.82) is 10.8 Å².